The standard InChI is InChI=1S/C19H22F2N4O/c20-17-4-3-14(10-18(17)21)11-23-12-15-5-7-22-25(15)16(13-23)6-9-24-8-1-2-19(24)26/h3-5,7,10,16H,1-2,6,8-9,11-13H2. The van der Waals surface area contributed by atoms with Gasteiger partial charge in [0.05, 0.1) is 11.7 Å². The number of carbonyl (C=O) groups is 1. The number of halogens is 2. The zero-order valence-electron chi connectivity index (χ0n) is 14.6. The molecule has 0 N–H and O–H groups in total. The van der Waals surface area contributed by atoms with Crippen LogP contribution in [-0.2, 0) is 17.9 Å². The second-order valence-corrected chi connectivity index (χ2v) is 7.11. The quantitative estimate of drug-likeness (QED) is 0.823. The van der Waals surface area contributed by atoms with E-state index in [0.29, 0.717) is 13.0 Å². The third-order valence-corrected chi connectivity index (χ3v) is 5.25. The molecule has 2 aromatic rings. The van der Waals surface area contributed by atoms with Crippen LogP contribution in [0.3, 0.4) is 0 Å². The molecule has 138 valence electrons. The highest BCUT2D eigenvalue weighted by Crippen LogP contribution is 2.25. The Morgan fingerprint density at radius 1 is 1.19 bits per heavy atom. The van der Waals surface area contributed by atoms with E-state index in [9.17, 15) is 13.6 Å². The Bertz CT molecular complexity index is 807. The summed E-state index contributed by atoms with van der Waals surface area (Å²) in [4.78, 5) is 16.0. The van der Waals surface area contributed by atoms with Crippen LogP contribution in [0.1, 0.15) is 36.6 Å². The third kappa shape index (κ3) is 3.49. The summed E-state index contributed by atoms with van der Waals surface area (Å²) in [5.74, 6) is -1.40. The number of amides is 1. The van der Waals surface area contributed by atoms with Crippen LogP contribution in [0.5, 0.6) is 0 Å². The highest BCUT2D eigenvalue weighted by molar-refractivity contribution is 5.77. The van der Waals surface area contributed by atoms with Crippen molar-refractivity contribution in [3.05, 3.63) is 53.4 Å². The largest absolute Gasteiger partial charge is 0.343 e. The molecule has 0 bridgehead atoms. The maximum absolute atomic E-state index is 13.5. The van der Waals surface area contributed by atoms with Gasteiger partial charge in [0.2, 0.25) is 5.91 Å². The van der Waals surface area contributed by atoms with E-state index in [1.807, 2.05) is 15.6 Å². The summed E-state index contributed by atoms with van der Waals surface area (Å²) in [5.41, 5.74) is 1.86. The van der Waals surface area contributed by atoms with Gasteiger partial charge in [0.1, 0.15) is 0 Å². The SMILES string of the molecule is O=C1CCCN1CCC1CN(Cc2ccc(F)c(F)c2)Cc2ccnn21. The molecule has 4 rings (SSSR count). The van der Waals surface area contributed by atoms with Crippen molar-refractivity contribution in [3.8, 4) is 0 Å². The lowest BCUT2D eigenvalue weighted by molar-refractivity contribution is -0.127. The number of aromatic nitrogens is 2. The molecule has 0 radical (unpaired) electrons. The summed E-state index contributed by atoms with van der Waals surface area (Å²) in [7, 11) is 0. The van der Waals surface area contributed by atoms with Crippen LogP contribution in [0, 0.1) is 11.6 Å². The molecular formula is C19H22F2N4O. The summed E-state index contributed by atoms with van der Waals surface area (Å²) < 4.78 is 28.7. The summed E-state index contributed by atoms with van der Waals surface area (Å²) >= 11 is 0. The fraction of sp³-hybridized carbons (Fsp3) is 0.474. The maximum Gasteiger partial charge on any atom is 0.222 e. The molecule has 0 spiro atoms. The smallest absolute Gasteiger partial charge is 0.222 e. The van der Waals surface area contributed by atoms with Crippen molar-refractivity contribution in [2.75, 3.05) is 19.6 Å². The van der Waals surface area contributed by atoms with Crippen LogP contribution < -0.4 is 0 Å². The number of carbonyl (C=O) groups excluding carboxylic acids is 1. The molecule has 5 nitrogen and oxygen atoms in total. The molecule has 2 aliphatic heterocycles. The van der Waals surface area contributed by atoms with E-state index in [2.05, 4.69) is 10.00 Å². The highest BCUT2D eigenvalue weighted by atomic mass is 19.2. The number of benzene rings is 1. The predicted octanol–water partition coefficient (Wildman–Crippen LogP) is 2.73. The van der Waals surface area contributed by atoms with Crippen molar-refractivity contribution in [2.45, 2.75) is 38.4 Å². The number of fused-ring (bicyclic) bond motifs is 1. The Labute approximate surface area is 151 Å². The van der Waals surface area contributed by atoms with Crippen molar-refractivity contribution in [2.24, 2.45) is 0 Å². The second kappa shape index (κ2) is 7.15. The number of likely N-dealkylation sites (tertiary alicyclic amines) is 1. The first-order valence-electron chi connectivity index (χ1n) is 9.06. The zero-order valence-corrected chi connectivity index (χ0v) is 14.6. The Morgan fingerprint density at radius 2 is 2.08 bits per heavy atom. The second-order valence-electron chi connectivity index (χ2n) is 7.11. The minimum Gasteiger partial charge on any atom is -0.343 e. The predicted molar refractivity (Wildman–Crippen MR) is 92.2 cm³/mol. The van der Waals surface area contributed by atoms with E-state index in [4.69, 9.17) is 0 Å². The normalized spacial score (nSPS) is 20.6. The average molecular weight is 360 g/mol. The monoisotopic (exact) mass is 360 g/mol. The molecule has 7 heteroatoms. The first-order chi connectivity index (χ1) is 12.6. The minimum absolute atomic E-state index is 0.174. The van der Waals surface area contributed by atoms with Crippen LogP contribution in [0.25, 0.3) is 0 Å². The molecule has 26 heavy (non-hydrogen) atoms. The average Bonchev–Trinajstić information content (AvgIpc) is 3.25. The van der Waals surface area contributed by atoms with Crippen LogP contribution in [0.15, 0.2) is 30.5 Å². The van der Waals surface area contributed by atoms with Crippen molar-refractivity contribution >= 4 is 5.91 Å². The Balaban J connectivity index is 1.45. The van der Waals surface area contributed by atoms with Gasteiger partial charge in [0.25, 0.3) is 0 Å². The molecule has 2 aliphatic rings. The molecule has 1 atom stereocenters. The van der Waals surface area contributed by atoms with E-state index < -0.39 is 11.6 Å². The molecule has 1 amide bonds. The van der Waals surface area contributed by atoms with E-state index in [1.165, 1.54) is 12.1 Å². The summed E-state index contributed by atoms with van der Waals surface area (Å²) in [5, 5.41) is 4.45. The molecule has 1 aromatic heterocycles. The maximum atomic E-state index is 13.5. The van der Waals surface area contributed by atoms with Gasteiger partial charge in [-0.05, 0) is 36.6 Å². The van der Waals surface area contributed by atoms with Gasteiger partial charge in [-0.25, -0.2) is 8.78 Å². The molecular weight excluding hydrogens is 338 g/mol. The number of hydrogen-bond donors (Lipinski definition) is 0. The molecule has 1 aromatic carbocycles. The molecule has 1 saturated heterocycles. The fourth-order valence-electron chi connectivity index (χ4n) is 3.94. The van der Waals surface area contributed by atoms with Crippen LogP contribution in [-0.4, -0.2) is 45.1 Å². The van der Waals surface area contributed by atoms with Gasteiger partial charge in [-0.2, -0.15) is 5.10 Å². The third-order valence-electron chi connectivity index (χ3n) is 5.25. The van der Waals surface area contributed by atoms with E-state index in [1.54, 1.807) is 12.3 Å². The van der Waals surface area contributed by atoms with Gasteiger partial charge in [-0.1, -0.05) is 6.07 Å². The van der Waals surface area contributed by atoms with Crippen molar-refractivity contribution in [1.82, 2.24) is 19.6 Å². The van der Waals surface area contributed by atoms with Crippen LogP contribution >= 0.6 is 0 Å². The summed E-state index contributed by atoms with van der Waals surface area (Å²) in [6, 6.07) is 6.23. The zero-order chi connectivity index (χ0) is 18.1. The van der Waals surface area contributed by atoms with Gasteiger partial charge in [-0.3, -0.25) is 14.4 Å². The Kier molecular flexibility index (Phi) is 4.72. The molecule has 1 fully saturated rings. The van der Waals surface area contributed by atoms with Gasteiger partial charge >= 0.3 is 0 Å². The lowest BCUT2D eigenvalue weighted by Crippen LogP contribution is -2.39. The number of rotatable bonds is 5. The van der Waals surface area contributed by atoms with Crippen LogP contribution in [0.2, 0.25) is 0 Å². The Hall–Kier alpha value is -2.28. The number of hydrogen-bond acceptors (Lipinski definition) is 3. The van der Waals surface area contributed by atoms with E-state index >= 15 is 0 Å². The van der Waals surface area contributed by atoms with Crippen molar-refractivity contribution < 1.29 is 13.6 Å². The van der Waals surface area contributed by atoms with E-state index in [0.717, 1.165) is 50.3 Å². The number of nitrogens with zero attached hydrogens (tertiary/aromatic N) is 4. The fourth-order valence-corrected chi connectivity index (χ4v) is 3.94. The minimum atomic E-state index is -0.821. The summed E-state index contributed by atoms with van der Waals surface area (Å²) in [6.07, 6.45) is 4.23. The highest BCUT2D eigenvalue weighted by Gasteiger charge is 2.27. The van der Waals surface area contributed by atoms with E-state index in [-0.39, 0.29) is 11.9 Å². The van der Waals surface area contributed by atoms with Gasteiger partial charge in [0.15, 0.2) is 11.6 Å². The summed E-state index contributed by atoms with van der Waals surface area (Å²) in [6.45, 7) is 3.63. The Morgan fingerprint density at radius 3 is 2.85 bits per heavy atom. The van der Waals surface area contributed by atoms with Crippen molar-refractivity contribution in [1.29, 1.82) is 0 Å². The van der Waals surface area contributed by atoms with Gasteiger partial charge in [-0.15, -0.1) is 0 Å². The topological polar surface area (TPSA) is 41.4 Å². The lowest BCUT2D eigenvalue weighted by atomic mass is 10.1. The first-order valence-corrected chi connectivity index (χ1v) is 9.06. The lowest BCUT2D eigenvalue weighted by Gasteiger charge is -2.34. The molecule has 0 saturated carbocycles. The molecule has 1 unspecified atom stereocenters. The van der Waals surface area contributed by atoms with Gasteiger partial charge in [0, 0.05) is 45.3 Å². The van der Waals surface area contributed by atoms with Crippen LogP contribution in [0.4, 0.5) is 8.78 Å². The first kappa shape index (κ1) is 17.1. The van der Waals surface area contributed by atoms with Crippen molar-refractivity contribution in [3.63, 3.8) is 0 Å². The van der Waals surface area contributed by atoms with Gasteiger partial charge < -0.3 is 4.90 Å². The molecule has 3 heterocycles. The molecule has 0 aliphatic carbocycles.